The van der Waals surface area contributed by atoms with Crippen molar-refractivity contribution in [3.05, 3.63) is 93.2 Å². The highest BCUT2D eigenvalue weighted by Crippen LogP contribution is 2.45. The molecule has 0 radical (unpaired) electrons. The van der Waals surface area contributed by atoms with E-state index in [-0.39, 0.29) is 0 Å². The minimum atomic E-state index is -2.70. The first-order chi connectivity index (χ1) is 17.2. The number of allylic oxidation sites excluding steroid dienone is 2. The highest BCUT2D eigenvalue weighted by Gasteiger charge is 2.34. The van der Waals surface area contributed by atoms with Crippen LogP contribution in [0.5, 0.6) is 0 Å². The maximum Gasteiger partial charge on any atom is 0.677 e. The predicted molar refractivity (Wildman–Crippen MR) is 166 cm³/mol. The van der Waals surface area contributed by atoms with Crippen molar-refractivity contribution in [2.24, 2.45) is 4.99 Å². The highest BCUT2D eigenvalue weighted by atomic mass is 127. The lowest BCUT2D eigenvalue weighted by molar-refractivity contribution is 0.624. The van der Waals surface area contributed by atoms with Crippen molar-refractivity contribution in [2.75, 3.05) is 0 Å². The van der Waals surface area contributed by atoms with Crippen LogP contribution >= 0.6 is 67.9 Å². The van der Waals surface area contributed by atoms with Crippen LogP contribution in [0.1, 0.15) is 41.2 Å². The molecule has 5 rings (SSSR count). The molecule has 36 heavy (non-hydrogen) atoms. The van der Waals surface area contributed by atoms with Gasteiger partial charge in [0.05, 0.1) is 11.5 Å². The van der Waals surface area contributed by atoms with Gasteiger partial charge in [-0.05, 0) is 114 Å². The molecule has 0 bridgehead atoms. The van der Waals surface area contributed by atoms with E-state index in [1.54, 1.807) is 42.0 Å². The summed E-state index contributed by atoms with van der Waals surface area (Å²) in [6.45, 7) is 7.74. The molecule has 0 atom stereocenters. The summed E-state index contributed by atoms with van der Waals surface area (Å²) in [5, 5.41) is 0. The van der Waals surface area contributed by atoms with Crippen LogP contribution in [0.3, 0.4) is 0 Å². The first-order valence-electron chi connectivity index (χ1n) is 11.1. The predicted octanol–water partition coefficient (Wildman–Crippen LogP) is 8.98. The quantitative estimate of drug-likeness (QED) is 0.149. The van der Waals surface area contributed by atoms with Crippen LogP contribution in [0.2, 0.25) is 0 Å². The molecule has 3 nitrogen and oxygen atoms in total. The minimum absolute atomic E-state index is 0.488. The SMILES string of the molecule is CC1=N/C(=C(/c2cccnc2)c2c(C)c(-c3ccc(I)s3)c(C)n2B(F)F)C(C)=C1c1ccc(I)s1. The smallest absolute Gasteiger partial charge is 0.328 e. The second-order valence-electron chi connectivity index (χ2n) is 8.45. The molecule has 0 spiro atoms. The number of aromatic nitrogens is 2. The maximum absolute atomic E-state index is 14.8. The number of rotatable bonds is 5. The molecule has 10 heteroatoms. The Bertz CT molecular complexity index is 1580. The summed E-state index contributed by atoms with van der Waals surface area (Å²) in [6, 6.07) is 12.0. The van der Waals surface area contributed by atoms with Crippen molar-refractivity contribution in [3.63, 3.8) is 0 Å². The van der Waals surface area contributed by atoms with E-state index in [4.69, 9.17) is 4.99 Å². The molecule has 0 saturated carbocycles. The van der Waals surface area contributed by atoms with Gasteiger partial charge in [-0.1, -0.05) is 6.07 Å². The molecule has 4 aromatic rings. The molecular weight excluding hydrogens is 721 g/mol. The molecule has 0 aromatic carbocycles. The summed E-state index contributed by atoms with van der Waals surface area (Å²) in [7, 11) is -2.70. The Kier molecular flexibility index (Phi) is 7.41. The van der Waals surface area contributed by atoms with E-state index in [0.29, 0.717) is 22.7 Å². The van der Waals surface area contributed by atoms with E-state index in [2.05, 4.69) is 62.3 Å². The molecule has 0 N–H and O–H groups in total. The fourth-order valence-corrected chi connectivity index (χ4v) is 8.42. The van der Waals surface area contributed by atoms with Crippen molar-refractivity contribution >= 4 is 92.1 Å². The average Bonchev–Trinajstić information content (AvgIpc) is 3.57. The Labute approximate surface area is 244 Å². The second-order valence-corrected chi connectivity index (χ2v) is 14.4. The lowest BCUT2D eigenvalue weighted by Crippen LogP contribution is -2.18. The fraction of sp³-hybridized carbons (Fsp3) is 0.154. The number of pyridine rings is 1. The maximum atomic E-state index is 14.8. The number of hydrogen-bond donors (Lipinski definition) is 0. The van der Waals surface area contributed by atoms with Gasteiger partial charge in [0.2, 0.25) is 0 Å². The monoisotopic (exact) mass is 741 g/mol. The first kappa shape index (κ1) is 26.0. The summed E-state index contributed by atoms with van der Waals surface area (Å²) in [4.78, 5) is 11.4. The molecular formula is C26H20BF2I2N3S2. The number of aliphatic imine (C=N–C) groups is 1. The van der Waals surface area contributed by atoms with Gasteiger partial charge in [0.1, 0.15) is 0 Å². The highest BCUT2D eigenvalue weighted by molar-refractivity contribution is 14.1. The summed E-state index contributed by atoms with van der Waals surface area (Å²) >= 11 is 7.90. The molecule has 0 unspecified atom stereocenters. The average molecular weight is 741 g/mol. The standard InChI is InChI=1S/C26H20BF2I2N3S2/c1-13-22(18-7-9-20(30)35-18)15(3)33-25(13)24(17-6-5-11-32-12-17)26-14(2)23(16(4)34(26)27(28)29)19-8-10-21(31)36-19/h5-12H,1-4H3/b25-24-. The normalized spacial score (nSPS) is 15.1. The fourth-order valence-electron chi connectivity index (χ4n) is 4.87. The third kappa shape index (κ3) is 4.47. The van der Waals surface area contributed by atoms with E-state index in [1.165, 1.54) is 2.88 Å². The molecule has 4 aromatic heterocycles. The summed E-state index contributed by atoms with van der Waals surface area (Å²) in [5.41, 5.74) is 7.81. The molecule has 1 aliphatic rings. The molecule has 1 aliphatic heterocycles. The Morgan fingerprint density at radius 1 is 0.944 bits per heavy atom. The van der Waals surface area contributed by atoms with Gasteiger partial charge in [-0.2, -0.15) is 0 Å². The van der Waals surface area contributed by atoms with Crippen LogP contribution in [-0.4, -0.2) is 22.6 Å². The number of halogens is 4. The van der Waals surface area contributed by atoms with Crippen LogP contribution in [0, 0.1) is 19.6 Å². The van der Waals surface area contributed by atoms with Crippen molar-refractivity contribution in [1.82, 2.24) is 9.46 Å². The Balaban J connectivity index is 1.87. The van der Waals surface area contributed by atoms with Crippen molar-refractivity contribution < 1.29 is 8.63 Å². The largest absolute Gasteiger partial charge is 0.677 e. The van der Waals surface area contributed by atoms with E-state index >= 15 is 0 Å². The zero-order valence-electron chi connectivity index (χ0n) is 19.9. The third-order valence-corrected chi connectivity index (χ3v) is 10.1. The number of nitrogens with zero attached hydrogens (tertiary/aromatic N) is 3. The van der Waals surface area contributed by atoms with Crippen LogP contribution < -0.4 is 0 Å². The molecule has 0 fully saturated rings. The lowest BCUT2D eigenvalue weighted by atomic mass is 9.93. The van der Waals surface area contributed by atoms with Gasteiger partial charge in [0.25, 0.3) is 0 Å². The Morgan fingerprint density at radius 2 is 1.61 bits per heavy atom. The number of hydrogen-bond acceptors (Lipinski definition) is 4. The van der Waals surface area contributed by atoms with Crippen LogP contribution in [0.25, 0.3) is 21.6 Å². The summed E-state index contributed by atoms with van der Waals surface area (Å²) in [5.74, 6) is 0. The zero-order valence-corrected chi connectivity index (χ0v) is 25.8. The van der Waals surface area contributed by atoms with E-state index < -0.39 is 7.40 Å². The third-order valence-electron chi connectivity index (χ3n) is 6.32. The lowest BCUT2D eigenvalue weighted by Gasteiger charge is -2.16. The molecule has 0 saturated heterocycles. The van der Waals surface area contributed by atoms with Crippen molar-refractivity contribution in [3.8, 4) is 10.4 Å². The molecule has 5 heterocycles. The zero-order chi connectivity index (χ0) is 25.7. The first-order valence-corrected chi connectivity index (χ1v) is 14.9. The van der Waals surface area contributed by atoms with E-state index in [0.717, 1.165) is 50.7 Å². The van der Waals surface area contributed by atoms with Gasteiger partial charge in [-0.25, -0.2) is 0 Å². The van der Waals surface area contributed by atoms with Crippen LogP contribution in [0.4, 0.5) is 8.63 Å². The van der Waals surface area contributed by atoms with E-state index in [1.807, 2.05) is 45.0 Å². The Hall–Kier alpha value is -1.64. The van der Waals surface area contributed by atoms with Crippen LogP contribution in [0.15, 0.2) is 65.1 Å². The van der Waals surface area contributed by atoms with Gasteiger partial charge >= 0.3 is 7.40 Å². The summed E-state index contributed by atoms with van der Waals surface area (Å²) < 4.78 is 33.0. The second kappa shape index (κ2) is 10.3. The molecule has 182 valence electrons. The summed E-state index contributed by atoms with van der Waals surface area (Å²) in [6.07, 6.45) is 3.43. The van der Waals surface area contributed by atoms with E-state index in [9.17, 15) is 8.63 Å². The minimum Gasteiger partial charge on any atom is -0.328 e. The van der Waals surface area contributed by atoms with Gasteiger partial charge in [0.15, 0.2) is 0 Å². The van der Waals surface area contributed by atoms with Gasteiger partial charge in [0, 0.05) is 61.5 Å². The van der Waals surface area contributed by atoms with Crippen LogP contribution in [-0.2, 0) is 0 Å². The molecule has 0 amide bonds. The van der Waals surface area contributed by atoms with Gasteiger partial charge < -0.3 is 4.48 Å². The topological polar surface area (TPSA) is 30.2 Å². The van der Waals surface area contributed by atoms with Crippen molar-refractivity contribution in [1.29, 1.82) is 0 Å². The van der Waals surface area contributed by atoms with Gasteiger partial charge in [-0.15, -0.1) is 22.7 Å². The van der Waals surface area contributed by atoms with Gasteiger partial charge in [-0.3, -0.25) is 18.6 Å². The number of thiophene rings is 2. The Morgan fingerprint density at radius 3 is 2.17 bits per heavy atom. The molecule has 0 aliphatic carbocycles. The van der Waals surface area contributed by atoms with Crippen molar-refractivity contribution in [2.45, 2.75) is 27.7 Å².